The molecule has 96 valence electrons. The molecule has 0 spiro atoms. The van der Waals surface area contributed by atoms with Crippen molar-refractivity contribution in [2.24, 2.45) is 5.73 Å². The highest BCUT2D eigenvalue weighted by atomic mass is 16.5. The summed E-state index contributed by atoms with van der Waals surface area (Å²) in [5, 5.41) is 3.90. The zero-order valence-electron chi connectivity index (χ0n) is 10.9. The maximum Gasteiger partial charge on any atom is 0.227 e. The summed E-state index contributed by atoms with van der Waals surface area (Å²) in [6, 6.07) is 8.36. The number of nitrogens with two attached hydrogens (primary N) is 1. The van der Waals surface area contributed by atoms with Crippen LogP contribution in [0.25, 0.3) is 0 Å². The Morgan fingerprint density at radius 1 is 1.22 bits per heavy atom. The van der Waals surface area contributed by atoms with Gasteiger partial charge in [0, 0.05) is 6.42 Å². The Kier molecular flexibility index (Phi) is 4.10. The molecule has 0 amide bonds. The molecular weight excluding hydrogens is 226 g/mol. The van der Waals surface area contributed by atoms with Gasteiger partial charge in [-0.05, 0) is 25.3 Å². The summed E-state index contributed by atoms with van der Waals surface area (Å²) in [6.45, 7) is 4.09. The van der Waals surface area contributed by atoms with Crippen LogP contribution in [0.15, 0.2) is 28.8 Å². The molecule has 0 saturated heterocycles. The lowest BCUT2D eigenvalue weighted by atomic mass is 10.1. The van der Waals surface area contributed by atoms with Crippen LogP contribution in [0, 0.1) is 6.92 Å². The molecule has 4 nitrogen and oxygen atoms in total. The molecule has 0 radical (unpaired) electrons. The first-order valence-corrected chi connectivity index (χ1v) is 6.32. The zero-order valence-corrected chi connectivity index (χ0v) is 10.9. The van der Waals surface area contributed by atoms with Gasteiger partial charge < -0.3 is 10.3 Å². The van der Waals surface area contributed by atoms with E-state index in [0.29, 0.717) is 11.7 Å². The van der Waals surface area contributed by atoms with Crippen LogP contribution < -0.4 is 5.73 Å². The summed E-state index contributed by atoms with van der Waals surface area (Å²) in [7, 11) is 0. The third-order valence-electron chi connectivity index (χ3n) is 3.00. The summed E-state index contributed by atoms with van der Waals surface area (Å²) in [6.07, 6.45) is 2.48. The van der Waals surface area contributed by atoms with Crippen LogP contribution in [0.2, 0.25) is 0 Å². The summed E-state index contributed by atoms with van der Waals surface area (Å²) in [5.41, 5.74) is 8.40. The lowest BCUT2D eigenvalue weighted by molar-refractivity contribution is 0.369. The first-order chi connectivity index (χ1) is 8.69. The average molecular weight is 245 g/mol. The normalized spacial score (nSPS) is 12.6. The van der Waals surface area contributed by atoms with E-state index >= 15 is 0 Å². The predicted molar refractivity (Wildman–Crippen MR) is 70.1 cm³/mol. The van der Waals surface area contributed by atoms with E-state index in [1.54, 1.807) is 0 Å². The maximum atomic E-state index is 5.85. The number of hydrogen-bond acceptors (Lipinski definition) is 4. The minimum atomic E-state index is -0.123. The van der Waals surface area contributed by atoms with Gasteiger partial charge in [-0.15, -0.1) is 0 Å². The second-order valence-corrected chi connectivity index (χ2v) is 4.55. The monoisotopic (exact) mass is 245 g/mol. The van der Waals surface area contributed by atoms with Crippen LogP contribution in [0.1, 0.15) is 42.2 Å². The van der Waals surface area contributed by atoms with Gasteiger partial charge in [-0.2, -0.15) is 4.98 Å². The van der Waals surface area contributed by atoms with Crippen molar-refractivity contribution in [3.63, 3.8) is 0 Å². The molecule has 1 aromatic carbocycles. The molecule has 4 heteroatoms. The average Bonchev–Trinajstić information content (AvgIpc) is 2.86. The first-order valence-electron chi connectivity index (χ1n) is 6.32. The molecule has 2 rings (SSSR count). The van der Waals surface area contributed by atoms with Gasteiger partial charge in [0.1, 0.15) is 0 Å². The summed E-state index contributed by atoms with van der Waals surface area (Å²) >= 11 is 0. The molecule has 0 aliphatic heterocycles. The fraction of sp³-hybridized carbons (Fsp3) is 0.429. The van der Waals surface area contributed by atoms with Crippen molar-refractivity contribution in [1.29, 1.82) is 0 Å². The SMILES string of the molecule is CCC(N)c1noc(CCc2ccc(C)cc2)n1. The van der Waals surface area contributed by atoms with Crippen molar-refractivity contribution in [3.8, 4) is 0 Å². The zero-order chi connectivity index (χ0) is 13.0. The van der Waals surface area contributed by atoms with E-state index in [1.807, 2.05) is 6.92 Å². The van der Waals surface area contributed by atoms with E-state index in [4.69, 9.17) is 10.3 Å². The fourth-order valence-corrected chi connectivity index (χ4v) is 1.71. The molecule has 0 fully saturated rings. The number of benzene rings is 1. The smallest absolute Gasteiger partial charge is 0.227 e. The largest absolute Gasteiger partial charge is 0.339 e. The van der Waals surface area contributed by atoms with E-state index in [2.05, 4.69) is 41.3 Å². The molecule has 0 aliphatic rings. The molecule has 1 aromatic heterocycles. The minimum absolute atomic E-state index is 0.123. The Hall–Kier alpha value is -1.68. The topological polar surface area (TPSA) is 64.9 Å². The third kappa shape index (κ3) is 3.17. The second kappa shape index (κ2) is 5.78. The Balaban J connectivity index is 1.94. The number of rotatable bonds is 5. The van der Waals surface area contributed by atoms with Gasteiger partial charge in [0.15, 0.2) is 5.82 Å². The van der Waals surface area contributed by atoms with Gasteiger partial charge >= 0.3 is 0 Å². The lowest BCUT2D eigenvalue weighted by Crippen LogP contribution is -2.10. The lowest BCUT2D eigenvalue weighted by Gasteiger charge is -2.00. The molecule has 1 atom stereocenters. The molecule has 0 saturated carbocycles. The minimum Gasteiger partial charge on any atom is -0.339 e. The van der Waals surface area contributed by atoms with E-state index < -0.39 is 0 Å². The molecule has 2 aromatic rings. The van der Waals surface area contributed by atoms with Crippen molar-refractivity contribution >= 4 is 0 Å². The molecule has 2 N–H and O–H groups in total. The number of aryl methyl sites for hydroxylation is 3. The van der Waals surface area contributed by atoms with Crippen molar-refractivity contribution in [1.82, 2.24) is 10.1 Å². The number of aromatic nitrogens is 2. The van der Waals surface area contributed by atoms with Gasteiger partial charge in [0.05, 0.1) is 6.04 Å². The Morgan fingerprint density at radius 2 is 1.94 bits per heavy atom. The number of hydrogen-bond donors (Lipinski definition) is 1. The highest BCUT2D eigenvalue weighted by Crippen LogP contribution is 2.11. The van der Waals surface area contributed by atoms with Crippen LogP contribution in [0.3, 0.4) is 0 Å². The Morgan fingerprint density at radius 3 is 2.61 bits per heavy atom. The quantitative estimate of drug-likeness (QED) is 0.879. The van der Waals surface area contributed by atoms with Gasteiger partial charge in [-0.25, -0.2) is 0 Å². The van der Waals surface area contributed by atoms with Crippen LogP contribution in [0.5, 0.6) is 0 Å². The number of nitrogens with zero attached hydrogens (tertiary/aromatic N) is 2. The van der Waals surface area contributed by atoms with Crippen molar-refractivity contribution in [2.75, 3.05) is 0 Å². The Bertz CT molecular complexity index is 490. The maximum absolute atomic E-state index is 5.85. The summed E-state index contributed by atoms with van der Waals surface area (Å²) in [5.74, 6) is 1.27. The molecule has 1 unspecified atom stereocenters. The van der Waals surface area contributed by atoms with Crippen LogP contribution in [-0.4, -0.2) is 10.1 Å². The van der Waals surface area contributed by atoms with Gasteiger partial charge in [-0.3, -0.25) is 0 Å². The van der Waals surface area contributed by atoms with Crippen molar-refractivity contribution in [3.05, 3.63) is 47.1 Å². The van der Waals surface area contributed by atoms with E-state index in [1.165, 1.54) is 11.1 Å². The highest BCUT2D eigenvalue weighted by molar-refractivity contribution is 5.21. The second-order valence-electron chi connectivity index (χ2n) is 4.55. The molecular formula is C14H19N3O. The standard InChI is InChI=1S/C14H19N3O/c1-3-12(15)14-16-13(18-17-14)9-8-11-6-4-10(2)5-7-11/h4-7,12H,3,8-9,15H2,1-2H3. The van der Waals surface area contributed by atoms with Gasteiger partial charge in [-0.1, -0.05) is 41.9 Å². The summed E-state index contributed by atoms with van der Waals surface area (Å²) < 4.78 is 5.19. The van der Waals surface area contributed by atoms with Crippen molar-refractivity contribution < 1.29 is 4.52 Å². The van der Waals surface area contributed by atoms with Crippen molar-refractivity contribution in [2.45, 2.75) is 39.2 Å². The van der Waals surface area contributed by atoms with Crippen LogP contribution in [0.4, 0.5) is 0 Å². The van der Waals surface area contributed by atoms with E-state index in [-0.39, 0.29) is 6.04 Å². The van der Waals surface area contributed by atoms with E-state index in [0.717, 1.165) is 19.3 Å². The first kappa shape index (κ1) is 12.8. The molecule has 0 aliphatic carbocycles. The third-order valence-corrected chi connectivity index (χ3v) is 3.00. The van der Waals surface area contributed by atoms with Gasteiger partial charge in [0.2, 0.25) is 5.89 Å². The Labute approximate surface area is 107 Å². The van der Waals surface area contributed by atoms with Gasteiger partial charge in [0.25, 0.3) is 0 Å². The molecule has 18 heavy (non-hydrogen) atoms. The summed E-state index contributed by atoms with van der Waals surface area (Å²) in [4.78, 5) is 4.31. The molecule has 1 heterocycles. The van der Waals surface area contributed by atoms with Crippen LogP contribution >= 0.6 is 0 Å². The van der Waals surface area contributed by atoms with Crippen LogP contribution in [-0.2, 0) is 12.8 Å². The van der Waals surface area contributed by atoms with E-state index in [9.17, 15) is 0 Å². The molecule has 0 bridgehead atoms. The highest BCUT2D eigenvalue weighted by Gasteiger charge is 2.12. The predicted octanol–water partition coefficient (Wildman–Crippen LogP) is 2.57. The fourth-order valence-electron chi connectivity index (χ4n) is 1.71.